The fraction of sp³-hybridized carbons (Fsp3) is 1.00. The molecule has 1 nitrogen and oxygen atoms in total. The Kier molecular flexibility index (Phi) is 4.53. The lowest BCUT2D eigenvalue weighted by molar-refractivity contribution is 0.127. The van der Waals surface area contributed by atoms with Crippen LogP contribution in [0.1, 0.15) is 13.3 Å². The van der Waals surface area contributed by atoms with Gasteiger partial charge in [-0.1, -0.05) is 15.3 Å². The monoisotopic (exact) mass is 214 g/mol. The maximum absolute atomic E-state index is 5.49. The smallest absolute Gasteiger partial charge is 0.0621 e. The summed E-state index contributed by atoms with van der Waals surface area (Å²) in [5.41, 5.74) is 0.843. The minimum Gasteiger partial charge on any atom is -0.378 e. The second-order valence-corrected chi connectivity index (χ2v) is 12.1. The zero-order valence-corrected chi connectivity index (χ0v) is 10.3. The first-order valence-corrected chi connectivity index (χ1v) is 10.1. The standard InChI is InChI=1S/C5H14OP4/c1-4-5(2-3-6-4)10(8)9-7/h4-5,9H,2-3,7-8H2,1H3. The molecule has 1 heterocycles. The van der Waals surface area contributed by atoms with Gasteiger partial charge in [0, 0.05) is 12.3 Å². The summed E-state index contributed by atoms with van der Waals surface area (Å²) in [5.74, 6) is 0. The van der Waals surface area contributed by atoms with Crippen LogP contribution in [-0.4, -0.2) is 18.4 Å². The molecule has 1 aliphatic heterocycles. The highest BCUT2D eigenvalue weighted by Gasteiger charge is 2.28. The Morgan fingerprint density at radius 2 is 2.40 bits per heavy atom. The van der Waals surface area contributed by atoms with Crippen molar-refractivity contribution in [2.75, 3.05) is 6.61 Å². The summed E-state index contributed by atoms with van der Waals surface area (Å²) in [6.07, 6.45) is 1.79. The van der Waals surface area contributed by atoms with Crippen LogP contribution in [0.2, 0.25) is 0 Å². The molecular formula is C5H14OP4. The molecule has 0 bridgehead atoms. The summed E-state index contributed by atoms with van der Waals surface area (Å²) in [7, 11) is 7.00. The molecule has 0 radical (unpaired) electrons. The molecule has 1 saturated heterocycles. The van der Waals surface area contributed by atoms with Gasteiger partial charge in [0.1, 0.15) is 0 Å². The molecule has 1 fully saturated rings. The summed E-state index contributed by atoms with van der Waals surface area (Å²) in [4.78, 5) is 0. The van der Waals surface area contributed by atoms with Crippen LogP contribution < -0.4 is 0 Å². The third-order valence-electron chi connectivity index (χ3n) is 1.84. The largest absolute Gasteiger partial charge is 0.378 e. The first-order valence-electron chi connectivity index (χ1n) is 3.37. The Morgan fingerprint density at radius 3 is 2.80 bits per heavy atom. The van der Waals surface area contributed by atoms with E-state index in [1.165, 1.54) is 6.42 Å². The second-order valence-electron chi connectivity index (χ2n) is 2.47. The Morgan fingerprint density at radius 1 is 1.70 bits per heavy atom. The van der Waals surface area contributed by atoms with Gasteiger partial charge in [-0.25, -0.2) is 0 Å². The Hall–Kier alpha value is 1.68. The summed E-state index contributed by atoms with van der Waals surface area (Å²) in [6, 6.07) is 0. The van der Waals surface area contributed by atoms with Gasteiger partial charge in [-0.05, 0) is 13.3 Å². The van der Waals surface area contributed by atoms with Gasteiger partial charge in [0.05, 0.1) is 6.10 Å². The second kappa shape index (κ2) is 4.64. The van der Waals surface area contributed by atoms with Gasteiger partial charge in [0.2, 0.25) is 0 Å². The predicted octanol–water partition coefficient (Wildman–Crippen LogP) is 2.82. The van der Waals surface area contributed by atoms with Gasteiger partial charge in [-0.15, -0.1) is 17.9 Å². The number of rotatable bonds is 2. The Balaban J connectivity index is 2.38. The van der Waals surface area contributed by atoms with Crippen LogP contribution in [0.25, 0.3) is 0 Å². The minimum absolute atomic E-state index is 0.164. The van der Waals surface area contributed by atoms with Gasteiger partial charge in [-0.3, -0.25) is 0 Å². The van der Waals surface area contributed by atoms with Gasteiger partial charge in [-0.2, -0.15) is 0 Å². The van der Waals surface area contributed by atoms with Gasteiger partial charge < -0.3 is 4.74 Å². The minimum atomic E-state index is 0.164. The van der Waals surface area contributed by atoms with Crippen molar-refractivity contribution in [2.24, 2.45) is 0 Å². The maximum Gasteiger partial charge on any atom is 0.0621 e. The van der Waals surface area contributed by atoms with Crippen molar-refractivity contribution in [3.8, 4) is 0 Å². The van der Waals surface area contributed by atoms with Crippen molar-refractivity contribution in [3.63, 3.8) is 0 Å². The van der Waals surface area contributed by atoms with Gasteiger partial charge >= 0.3 is 0 Å². The van der Waals surface area contributed by atoms with E-state index >= 15 is 0 Å². The van der Waals surface area contributed by atoms with Crippen molar-refractivity contribution < 1.29 is 4.74 Å². The van der Waals surface area contributed by atoms with Crippen molar-refractivity contribution in [1.29, 1.82) is 0 Å². The van der Waals surface area contributed by atoms with Crippen LogP contribution in [0, 0.1) is 0 Å². The topological polar surface area (TPSA) is 9.23 Å². The summed E-state index contributed by atoms with van der Waals surface area (Å²) in [5, 5.41) is 0. The third kappa shape index (κ3) is 2.33. The van der Waals surface area contributed by atoms with Gasteiger partial charge in [0.15, 0.2) is 0 Å². The van der Waals surface area contributed by atoms with Crippen LogP contribution in [0.4, 0.5) is 0 Å². The van der Waals surface area contributed by atoms with Crippen molar-refractivity contribution in [3.05, 3.63) is 0 Å². The molecule has 10 heavy (non-hydrogen) atoms. The molecular weight excluding hydrogens is 200 g/mol. The molecule has 0 aromatic carbocycles. The molecule has 6 atom stereocenters. The fourth-order valence-corrected chi connectivity index (χ4v) is 6.78. The zero-order chi connectivity index (χ0) is 7.56. The van der Waals surface area contributed by atoms with Crippen LogP contribution >= 0.6 is 33.1 Å². The van der Waals surface area contributed by atoms with Crippen molar-refractivity contribution in [1.82, 2.24) is 0 Å². The normalized spacial score (nSPS) is 37.5. The van der Waals surface area contributed by atoms with Crippen LogP contribution in [0.5, 0.6) is 0 Å². The molecule has 0 amide bonds. The first kappa shape index (κ1) is 9.77. The maximum atomic E-state index is 5.49. The highest BCUT2D eigenvalue weighted by Crippen LogP contribution is 2.71. The average Bonchev–Trinajstić information content (AvgIpc) is 2.34. The van der Waals surface area contributed by atoms with E-state index in [1.54, 1.807) is 0 Å². The lowest BCUT2D eigenvalue weighted by Gasteiger charge is -2.20. The fourth-order valence-electron chi connectivity index (χ4n) is 1.18. The molecule has 0 saturated carbocycles. The van der Waals surface area contributed by atoms with Gasteiger partial charge in [0.25, 0.3) is 0 Å². The van der Waals surface area contributed by atoms with E-state index in [0.717, 1.165) is 20.2 Å². The van der Waals surface area contributed by atoms with Crippen LogP contribution in [0.3, 0.4) is 0 Å². The summed E-state index contributed by atoms with van der Waals surface area (Å²) < 4.78 is 5.49. The van der Waals surface area contributed by atoms with E-state index in [1.807, 2.05) is 0 Å². The first-order chi connectivity index (χ1) is 4.75. The molecule has 0 aromatic rings. The highest BCUT2D eigenvalue weighted by atomic mass is 32.6. The van der Waals surface area contributed by atoms with E-state index in [-0.39, 0.29) is 7.30 Å². The molecule has 1 rings (SSSR count). The molecule has 0 aliphatic carbocycles. The zero-order valence-electron chi connectivity index (χ0n) is 6.08. The predicted molar refractivity (Wildman–Crippen MR) is 58.5 cm³/mol. The molecule has 0 N–H and O–H groups in total. The quantitative estimate of drug-likeness (QED) is 0.642. The summed E-state index contributed by atoms with van der Waals surface area (Å²) >= 11 is 0. The average molecular weight is 214 g/mol. The third-order valence-corrected chi connectivity index (χ3v) is 13.3. The Bertz CT molecular complexity index is 110. The van der Waals surface area contributed by atoms with Crippen LogP contribution in [0.15, 0.2) is 0 Å². The van der Waals surface area contributed by atoms with Crippen molar-refractivity contribution in [2.45, 2.75) is 25.1 Å². The lowest BCUT2D eigenvalue weighted by Crippen LogP contribution is -2.11. The van der Waals surface area contributed by atoms with E-state index < -0.39 is 0 Å². The molecule has 0 aromatic heterocycles. The van der Waals surface area contributed by atoms with E-state index in [0.29, 0.717) is 6.10 Å². The Labute approximate surface area is 70.1 Å². The molecule has 1 aliphatic rings. The number of hydrogen-bond acceptors (Lipinski definition) is 1. The van der Waals surface area contributed by atoms with E-state index in [4.69, 9.17) is 4.74 Å². The number of ether oxygens (including phenoxy) is 1. The molecule has 60 valence electrons. The molecule has 6 unspecified atom stereocenters. The molecule has 5 heteroatoms. The molecule has 0 spiro atoms. The summed E-state index contributed by atoms with van der Waals surface area (Å²) in [6.45, 7) is 3.18. The number of hydrogen-bond donors (Lipinski definition) is 0. The highest BCUT2D eigenvalue weighted by molar-refractivity contribution is 8.61. The lowest BCUT2D eigenvalue weighted by atomic mass is 10.3. The van der Waals surface area contributed by atoms with E-state index in [2.05, 4.69) is 24.8 Å². The van der Waals surface area contributed by atoms with Crippen LogP contribution in [-0.2, 0) is 4.74 Å². The van der Waals surface area contributed by atoms with E-state index in [9.17, 15) is 0 Å². The van der Waals surface area contributed by atoms with Crippen molar-refractivity contribution >= 4 is 33.1 Å². The SMILES string of the molecule is CC1OCCC1P(P)PP.